The van der Waals surface area contributed by atoms with Crippen molar-refractivity contribution in [2.24, 2.45) is 0 Å². The van der Waals surface area contributed by atoms with E-state index in [-0.39, 0.29) is 11.5 Å². The minimum absolute atomic E-state index is 0.124. The fourth-order valence-electron chi connectivity index (χ4n) is 1.42. The van der Waals surface area contributed by atoms with Gasteiger partial charge in [-0.3, -0.25) is 10.1 Å². The highest BCUT2D eigenvalue weighted by Crippen LogP contribution is 2.29. The Hall–Kier alpha value is -1.67. The topological polar surface area (TPSA) is 94.1 Å². The molecule has 1 aromatic heterocycles. The van der Waals surface area contributed by atoms with Crippen LogP contribution >= 0.6 is 31.9 Å². The quantitative estimate of drug-likeness (QED) is 0.616. The maximum absolute atomic E-state index is 10.6. The summed E-state index contributed by atoms with van der Waals surface area (Å²) in [7, 11) is 0. The number of rotatable bonds is 3. The second-order valence-electron chi connectivity index (χ2n) is 3.61. The van der Waals surface area contributed by atoms with Gasteiger partial charge in [-0.2, -0.15) is 0 Å². The standard InChI is InChI=1S/C11H8Br2N4O2/c12-6-1-2-7(13)8(5-6)15-10-4-3-9(17(18)19)11(14)16-10/h1-5H,(H3,14,15,16). The van der Waals surface area contributed by atoms with E-state index in [1.807, 2.05) is 18.2 Å². The molecule has 0 aliphatic rings. The van der Waals surface area contributed by atoms with Crippen molar-refractivity contribution >= 4 is 54.9 Å². The Morgan fingerprint density at radius 3 is 2.63 bits per heavy atom. The Morgan fingerprint density at radius 2 is 2.00 bits per heavy atom. The highest BCUT2D eigenvalue weighted by molar-refractivity contribution is 9.11. The van der Waals surface area contributed by atoms with Gasteiger partial charge in [0.05, 0.1) is 10.6 Å². The van der Waals surface area contributed by atoms with Crippen molar-refractivity contribution < 1.29 is 4.92 Å². The molecule has 3 N–H and O–H groups in total. The van der Waals surface area contributed by atoms with E-state index in [9.17, 15) is 10.1 Å². The maximum Gasteiger partial charge on any atom is 0.311 e. The Kier molecular flexibility index (Phi) is 4.01. The summed E-state index contributed by atoms with van der Waals surface area (Å²) in [5.74, 6) is 0.308. The van der Waals surface area contributed by atoms with Crippen LogP contribution in [0.4, 0.5) is 23.0 Å². The van der Waals surface area contributed by atoms with Crippen molar-refractivity contribution in [2.45, 2.75) is 0 Å². The van der Waals surface area contributed by atoms with Crippen molar-refractivity contribution in [2.75, 3.05) is 11.1 Å². The molecular formula is C11H8Br2N4O2. The van der Waals surface area contributed by atoms with Gasteiger partial charge in [0.1, 0.15) is 5.82 Å². The molecule has 98 valence electrons. The number of nitrogens with two attached hydrogens (primary N) is 1. The van der Waals surface area contributed by atoms with Gasteiger partial charge in [-0.15, -0.1) is 0 Å². The van der Waals surface area contributed by atoms with Gasteiger partial charge < -0.3 is 11.1 Å². The van der Waals surface area contributed by atoms with Gasteiger partial charge in [0.2, 0.25) is 5.82 Å². The van der Waals surface area contributed by atoms with Crippen LogP contribution in [0, 0.1) is 10.1 Å². The minimum atomic E-state index is -0.568. The second-order valence-corrected chi connectivity index (χ2v) is 5.38. The maximum atomic E-state index is 10.6. The molecule has 0 bridgehead atoms. The van der Waals surface area contributed by atoms with Crippen molar-refractivity contribution in [3.8, 4) is 0 Å². The summed E-state index contributed by atoms with van der Waals surface area (Å²) >= 11 is 6.75. The minimum Gasteiger partial charge on any atom is -0.378 e. The van der Waals surface area contributed by atoms with Crippen LogP contribution in [0.5, 0.6) is 0 Å². The molecule has 0 unspecified atom stereocenters. The van der Waals surface area contributed by atoms with Crippen molar-refractivity contribution in [3.05, 3.63) is 49.4 Å². The van der Waals surface area contributed by atoms with Crippen molar-refractivity contribution in [3.63, 3.8) is 0 Å². The van der Waals surface area contributed by atoms with Crippen LogP contribution in [0.25, 0.3) is 0 Å². The largest absolute Gasteiger partial charge is 0.378 e. The van der Waals surface area contributed by atoms with E-state index in [2.05, 4.69) is 42.2 Å². The third-order valence-electron chi connectivity index (χ3n) is 2.29. The summed E-state index contributed by atoms with van der Waals surface area (Å²) in [5.41, 5.74) is 6.09. The molecule has 0 radical (unpaired) electrons. The number of hydrogen-bond acceptors (Lipinski definition) is 5. The van der Waals surface area contributed by atoms with E-state index in [1.54, 1.807) is 0 Å². The number of halogens is 2. The molecule has 6 nitrogen and oxygen atoms in total. The first kappa shape index (κ1) is 13.8. The lowest BCUT2D eigenvalue weighted by Gasteiger charge is -2.08. The normalized spacial score (nSPS) is 10.2. The molecule has 0 atom stereocenters. The van der Waals surface area contributed by atoms with Crippen LogP contribution < -0.4 is 11.1 Å². The smallest absolute Gasteiger partial charge is 0.311 e. The summed E-state index contributed by atoms with van der Waals surface area (Å²) in [4.78, 5) is 14.0. The molecule has 0 aliphatic carbocycles. The number of hydrogen-bond donors (Lipinski definition) is 2. The van der Waals surface area contributed by atoms with E-state index in [4.69, 9.17) is 5.73 Å². The monoisotopic (exact) mass is 386 g/mol. The van der Waals surface area contributed by atoms with Gasteiger partial charge in [-0.05, 0) is 40.2 Å². The number of nitrogens with one attached hydrogen (secondary N) is 1. The molecule has 2 aromatic rings. The predicted octanol–water partition coefficient (Wildman–Crippen LogP) is 3.84. The summed E-state index contributed by atoms with van der Waals surface area (Å²) in [6, 6.07) is 8.41. The average molecular weight is 388 g/mol. The molecule has 0 saturated carbocycles. The predicted molar refractivity (Wildman–Crippen MR) is 80.4 cm³/mol. The van der Waals surface area contributed by atoms with Gasteiger partial charge in [0, 0.05) is 15.0 Å². The summed E-state index contributed by atoms with van der Waals surface area (Å²) < 4.78 is 1.74. The molecule has 0 fully saturated rings. The fraction of sp³-hybridized carbons (Fsp3) is 0. The number of nitrogens with zero attached hydrogens (tertiary/aromatic N) is 2. The van der Waals surface area contributed by atoms with E-state index in [1.165, 1.54) is 12.1 Å². The lowest BCUT2D eigenvalue weighted by molar-refractivity contribution is -0.384. The highest BCUT2D eigenvalue weighted by atomic mass is 79.9. The highest BCUT2D eigenvalue weighted by Gasteiger charge is 2.13. The van der Waals surface area contributed by atoms with E-state index in [0.29, 0.717) is 5.82 Å². The first-order chi connectivity index (χ1) is 8.97. The molecular weight excluding hydrogens is 380 g/mol. The van der Waals surface area contributed by atoms with Crippen LogP contribution in [-0.2, 0) is 0 Å². The third-order valence-corrected chi connectivity index (χ3v) is 3.48. The number of nitrogen functional groups attached to an aromatic ring is 1. The van der Waals surface area contributed by atoms with Crippen LogP contribution in [0.15, 0.2) is 39.3 Å². The van der Waals surface area contributed by atoms with Gasteiger partial charge in [0.25, 0.3) is 0 Å². The van der Waals surface area contributed by atoms with Gasteiger partial charge in [0.15, 0.2) is 0 Å². The van der Waals surface area contributed by atoms with Crippen LogP contribution in [-0.4, -0.2) is 9.91 Å². The molecule has 8 heteroatoms. The fourth-order valence-corrected chi connectivity index (χ4v) is 2.13. The van der Waals surface area contributed by atoms with Gasteiger partial charge >= 0.3 is 5.69 Å². The molecule has 0 amide bonds. The molecule has 1 heterocycles. The third kappa shape index (κ3) is 3.21. The van der Waals surface area contributed by atoms with Crippen molar-refractivity contribution in [1.29, 1.82) is 0 Å². The van der Waals surface area contributed by atoms with Crippen LogP contribution in [0.1, 0.15) is 0 Å². The lowest BCUT2D eigenvalue weighted by Crippen LogP contribution is -2.01. The molecule has 2 rings (SSSR count). The zero-order valence-corrected chi connectivity index (χ0v) is 12.6. The first-order valence-electron chi connectivity index (χ1n) is 5.10. The Morgan fingerprint density at radius 1 is 1.26 bits per heavy atom. The number of pyridine rings is 1. The molecule has 0 spiro atoms. The summed E-state index contributed by atoms with van der Waals surface area (Å²) in [6.07, 6.45) is 0. The zero-order valence-electron chi connectivity index (χ0n) is 9.43. The second kappa shape index (κ2) is 5.54. The van der Waals surface area contributed by atoms with E-state index >= 15 is 0 Å². The Bertz CT molecular complexity index is 649. The van der Waals surface area contributed by atoms with E-state index in [0.717, 1.165) is 14.6 Å². The molecule has 1 aromatic carbocycles. The first-order valence-corrected chi connectivity index (χ1v) is 6.69. The SMILES string of the molecule is Nc1nc(Nc2cc(Br)ccc2Br)ccc1[N+](=O)[O-]. The molecule has 0 aliphatic heterocycles. The summed E-state index contributed by atoms with van der Waals surface area (Å²) in [6.45, 7) is 0. The number of nitro groups is 1. The summed E-state index contributed by atoms with van der Waals surface area (Å²) in [5, 5.41) is 13.7. The Labute approximate surface area is 125 Å². The number of benzene rings is 1. The number of aromatic nitrogens is 1. The molecule has 0 saturated heterocycles. The van der Waals surface area contributed by atoms with Crippen LogP contribution in [0.2, 0.25) is 0 Å². The Balaban J connectivity index is 2.31. The van der Waals surface area contributed by atoms with Gasteiger partial charge in [-0.1, -0.05) is 15.9 Å². The van der Waals surface area contributed by atoms with Gasteiger partial charge in [-0.25, -0.2) is 4.98 Å². The zero-order chi connectivity index (χ0) is 14.0. The van der Waals surface area contributed by atoms with Crippen molar-refractivity contribution in [1.82, 2.24) is 4.98 Å². The average Bonchev–Trinajstić information content (AvgIpc) is 2.33. The number of anilines is 3. The van der Waals surface area contributed by atoms with Crippen LogP contribution in [0.3, 0.4) is 0 Å². The van der Waals surface area contributed by atoms with E-state index < -0.39 is 4.92 Å². The molecule has 19 heavy (non-hydrogen) atoms. The lowest BCUT2D eigenvalue weighted by atomic mass is 10.3.